The van der Waals surface area contributed by atoms with E-state index < -0.39 is 28.5 Å². The highest BCUT2D eigenvalue weighted by molar-refractivity contribution is 7.92. The highest BCUT2D eigenvalue weighted by atomic mass is 35.5. The van der Waals surface area contributed by atoms with Crippen LogP contribution in [-0.4, -0.2) is 57.4 Å². The minimum Gasteiger partial charge on any atom is -0.495 e. The largest absolute Gasteiger partial charge is 0.495 e. The number of carbonyl (C=O) groups is 2. The van der Waals surface area contributed by atoms with E-state index in [0.717, 1.165) is 21.9 Å². The van der Waals surface area contributed by atoms with E-state index in [1.54, 1.807) is 24.3 Å². The molecule has 0 heterocycles. The van der Waals surface area contributed by atoms with Gasteiger partial charge in [0.05, 0.1) is 22.7 Å². The van der Waals surface area contributed by atoms with E-state index in [9.17, 15) is 18.0 Å². The van der Waals surface area contributed by atoms with Gasteiger partial charge in [-0.15, -0.1) is 0 Å². The molecule has 3 aromatic carbocycles. The molecule has 0 spiro atoms. The molecule has 42 heavy (non-hydrogen) atoms. The van der Waals surface area contributed by atoms with Crippen molar-refractivity contribution in [3.8, 4) is 5.75 Å². The highest BCUT2D eigenvalue weighted by Gasteiger charge is 2.34. The number of hydrogen-bond donors (Lipinski definition) is 1. The maximum Gasteiger partial charge on any atom is 0.264 e. The summed E-state index contributed by atoms with van der Waals surface area (Å²) in [6.45, 7) is 7.29. The molecule has 226 valence electrons. The molecule has 2 amide bonds. The van der Waals surface area contributed by atoms with Crippen LogP contribution in [0.5, 0.6) is 5.75 Å². The number of benzene rings is 3. The van der Waals surface area contributed by atoms with Crippen LogP contribution in [0.15, 0.2) is 77.7 Å². The van der Waals surface area contributed by atoms with Crippen molar-refractivity contribution in [3.63, 3.8) is 0 Å². The molecule has 8 nitrogen and oxygen atoms in total. The van der Waals surface area contributed by atoms with Crippen LogP contribution in [0.3, 0.4) is 0 Å². The summed E-state index contributed by atoms with van der Waals surface area (Å²) in [5.41, 5.74) is 2.10. The van der Waals surface area contributed by atoms with Gasteiger partial charge in [-0.2, -0.15) is 0 Å². The second-order valence-corrected chi connectivity index (χ2v) is 12.5. The van der Waals surface area contributed by atoms with Crippen molar-refractivity contribution in [2.45, 2.75) is 63.9 Å². The Bertz CT molecular complexity index is 1450. The lowest BCUT2D eigenvalue weighted by Crippen LogP contribution is -2.54. The van der Waals surface area contributed by atoms with Gasteiger partial charge >= 0.3 is 0 Å². The Labute approximate surface area is 254 Å². The molecule has 0 aliphatic heterocycles. The number of aryl methyl sites for hydroxylation is 1. The Balaban J connectivity index is 2.04. The Morgan fingerprint density at radius 3 is 2.21 bits per heavy atom. The number of halogens is 1. The van der Waals surface area contributed by atoms with Crippen LogP contribution in [-0.2, 0) is 26.0 Å². The van der Waals surface area contributed by atoms with E-state index in [1.807, 2.05) is 58.0 Å². The fourth-order valence-corrected chi connectivity index (χ4v) is 6.17. The first-order valence-electron chi connectivity index (χ1n) is 14.1. The SMILES string of the molecule is CC[C@@H](C)NC(=O)[C@@H](CC)N(CCc1ccccc1)C(=O)CN(c1ccc(OC)c(Cl)c1)S(=O)(=O)c1ccc(C)cc1. The summed E-state index contributed by atoms with van der Waals surface area (Å²) in [7, 11) is -2.73. The second-order valence-electron chi connectivity index (χ2n) is 10.2. The number of methoxy groups -OCH3 is 1. The molecule has 0 unspecified atom stereocenters. The van der Waals surface area contributed by atoms with Crippen LogP contribution in [0.25, 0.3) is 0 Å². The molecule has 0 saturated heterocycles. The van der Waals surface area contributed by atoms with Gasteiger partial charge in [0.1, 0.15) is 18.3 Å². The first-order valence-corrected chi connectivity index (χ1v) is 15.9. The van der Waals surface area contributed by atoms with Gasteiger partial charge in [0.25, 0.3) is 10.0 Å². The summed E-state index contributed by atoms with van der Waals surface area (Å²) >= 11 is 6.39. The van der Waals surface area contributed by atoms with E-state index in [2.05, 4.69) is 5.32 Å². The van der Waals surface area contributed by atoms with Crippen LogP contribution >= 0.6 is 11.6 Å². The van der Waals surface area contributed by atoms with Gasteiger partial charge in [-0.1, -0.05) is 73.5 Å². The fourth-order valence-electron chi connectivity index (χ4n) is 4.51. The van der Waals surface area contributed by atoms with Crippen molar-refractivity contribution in [2.75, 3.05) is 24.5 Å². The lowest BCUT2D eigenvalue weighted by molar-refractivity contribution is -0.139. The number of sulfonamides is 1. The third-order valence-corrected chi connectivity index (χ3v) is 9.27. The summed E-state index contributed by atoms with van der Waals surface area (Å²) in [6, 6.07) is 19.8. The molecule has 0 aromatic heterocycles. The number of hydrogen-bond acceptors (Lipinski definition) is 5. The minimum atomic E-state index is -4.19. The molecule has 0 aliphatic rings. The Kier molecular flexibility index (Phi) is 11.8. The summed E-state index contributed by atoms with van der Waals surface area (Å²) in [5.74, 6) is -0.398. The molecule has 2 atom stereocenters. The van der Waals surface area contributed by atoms with Crippen LogP contribution < -0.4 is 14.4 Å². The average molecular weight is 614 g/mol. The molecule has 3 rings (SSSR count). The lowest BCUT2D eigenvalue weighted by atomic mass is 10.1. The number of nitrogens with zero attached hydrogens (tertiary/aromatic N) is 2. The van der Waals surface area contributed by atoms with Crippen molar-refractivity contribution < 1.29 is 22.7 Å². The molecule has 1 N–H and O–H groups in total. The van der Waals surface area contributed by atoms with Gasteiger partial charge < -0.3 is 15.0 Å². The van der Waals surface area contributed by atoms with E-state index >= 15 is 0 Å². The average Bonchev–Trinajstić information content (AvgIpc) is 2.98. The number of rotatable bonds is 14. The zero-order chi connectivity index (χ0) is 30.9. The van der Waals surface area contributed by atoms with Gasteiger partial charge in [-0.05, 0) is 69.0 Å². The van der Waals surface area contributed by atoms with Crippen molar-refractivity contribution in [1.82, 2.24) is 10.2 Å². The van der Waals surface area contributed by atoms with Crippen LogP contribution in [0.4, 0.5) is 5.69 Å². The quantitative estimate of drug-likeness (QED) is 0.255. The fraction of sp³-hybridized carbons (Fsp3) is 0.375. The third kappa shape index (κ3) is 8.26. The van der Waals surface area contributed by atoms with Crippen molar-refractivity contribution in [1.29, 1.82) is 0 Å². The van der Waals surface area contributed by atoms with Gasteiger partial charge in [0, 0.05) is 12.6 Å². The topological polar surface area (TPSA) is 96.0 Å². The van der Waals surface area contributed by atoms with E-state index in [4.69, 9.17) is 16.3 Å². The van der Waals surface area contributed by atoms with Crippen molar-refractivity contribution in [2.24, 2.45) is 0 Å². The van der Waals surface area contributed by atoms with E-state index in [-0.39, 0.29) is 34.1 Å². The van der Waals surface area contributed by atoms with Gasteiger partial charge in [-0.3, -0.25) is 13.9 Å². The number of ether oxygens (including phenoxy) is 1. The zero-order valence-corrected chi connectivity index (χ0v) is 26.4. The maximum atomic E-state index is 14.1. The number of carbonyl (C=O) groups excluding carboxylic acids is 2. The molecule has 0 fully saturated rings. The molecule has 0 bridgehead atoms. The van der Waals surface area contributed by atoms with E-state index in [0.29, 0.717) is 18.6 Å². The number of amides is 2. The molecule has 3 aromatic rings. The summed E-state index contributed by atoms with van der Waals surface area (Å²) in [5, 5.41) is 3.19. The predicted octanol–water partition coefficient (Wildman–Crippen LogP) is 5.62. The third-order valence-electron chi connectivity index (χ3n) is 7.18. The van der Waals surface area contributed by atoms with Crippen molar-refractivity contribution >= 4 is 39.1 Å². The summed E-state index contributed by atoms with van der Waals surface area (Å²) in [4.78, 5) is 29.0. The number of anilines is 1. The molecule has 0 aliphatic carbocycles. The first kappa shape index (κ1) is 32.9. The van der Waals surface area contributed by atoms with Crippen LogP contribution in [0.1, 0.15) is 44.7 Å². The molecule has 10 heteroatoms. The lowest BCUT2D eigenvalue weighted by Gasteiger charge is -2.33. The van der Waals surface area contributed by atoms with Crippen LogP contribution in [0.2, 0.25) is 5.02 Å². The van der Waals surface area contributed by atoms with Gasteiger partial charge in [0.15, 0.2) is 0 Å². The highest BCUT2D eigenvalue weighted by Crippen LogP contribution is 2.32. The molecule has 0 radical (unpaired) electrons. The van der Waals surface area contributed by atoms with E-state index in [1.165, 1.54) is 30.2 Å². The molecular weight excluding hydrogens is 574 g/mol. The normalized spacial score (nSPS) is 12.7. The number of nitrogens with one attached hydrogen (secondary N) is 1. The first-order chi connectivity index (χ1) is 20.0. The van der Waals surface area contributed by atoms with Gasteiger partial charge in [0.2, 0.25) is 11.8 Å². The maximum absolute atomic E-state index is 14.1. The smallest absolute Gasteiger partial charge is 0.264 e. The minimum absolute atomic E-state index is 0.0326. The molecule has 0 saturated carbocycles. The second kappa shape index (κ2) is 15.1. The molecular formula is C32H40ClN3O5S. The van der Waals surface area contributed by atoms with Crippen LogP contribution in [0, 0.1) is 6.92 Å². The Morgan fingerprint density at radius 2 is 1.64 bits per heavy atom. The predicted molar refractivity (Wildman–Crippen MR) is 168 cm³/mol. The summed E-state index contributed by atoms with van der Waals surface area (Å²) < 4.78 is 34.3. The standard InChI is InChI=1S/C32H40ClN3O5S/c1-6-24(4)34-32(38)29(7-2)35(20-19-25-11-9-8-10-12-25)31(37)22-36(26-15-18-30(41-5)28(33)21-26)42(39,40)27-16-13-23(3)14-17-27/h8-18,21,24,29H,6-7,19-20,22H2,1-5H3,(H,34,38)/t24-,29-/m1/s1. The van der Waals surface area contributed by atoms with Crippen molar-refractivity contribution in [3.05, 3.63) is 88.9 Å². The Morgan fingerprint density at radius 1 is 0.976 bits per heavy atom. The van der Waals surface area contributed by atoms with Gasteiger partial charge in [-0.25, -0.2) is 8.42 Å². The Hall–Kier alpha value is -3.56. The monoisotopic (exact) mass is 613 g/mol. The zero-order valence-electron chi connectivity index (χ0n) is 24.8. The summed E-state index contributed by atoms with van der Waals surface area (Å²) in [6.07, 6.45) is 1.60.